The van der Waals surface area contributed by atoms with Gasteiger partial charge in [-0.05, 0) is 6.92 Å². The summed E-state index contributed by atoms with van der Waals surface area (Å²) >= 11 is 0. The van der Waals surface area contributed by atoms with Crippen LogP contribution >= 0.6 is 0 Å². The van der Waals surface area contributed by atoms with E-state index in [0.29, 0.717) is 17.3 Å². The molecule has 0 aliphatic carbocycles. The Bertz CT molecular complexity index is 391. The predicted molar refractivity (Wildman–Crippen MR) is 40.8 cm³/mol. The average molecular weight is 149 g/mol. The quantitative estimate of drug-likeness (QED) is 0.562. The van der Waals surface area contributed by atoms with Gasteiger partial charge in [0.25, 0.3) is 0 Å². The van der Waals surface area contributed by atoms with Crippen molar-refractivity contribution in [3.63, 3.8) is 0 Å². The van der Waals surface area contributed by atoms with Crippen molar-refractivity contribution in [1.82, 2.24) is 20.2 Å². The highest BCUT2D eigenvalue weighted by Crippen LogP contribution is 2.13. The molecule has 2 aromatic heterocycles. The number of fused-ring (bicyclic) bond motifs is 1. The number of H-pyrrole nitrogens is 1. The van der Waals surface area contributed by atoms with Crippen molar-refractivity contribution in [2.75, 3.05) is 5.73 Å². The first-order valence-corrected chi connectivity index (χ1v) is 3.20. The van der Waals surface area contributed by atoms with Gasteiger partial charge in [0.2, 0.25) is 0 Å². The first-order valence-electron chi connectivity index (χ1n) is 3.20. The summed E-state index contributed by atoms with van der Waals surface area (Å²) in [6, 6.07) is 0. The van der Waals surface area contributed by atoms with E-state index in [0.717, 1.165) is 5.39 Å². The molecular formula is C6H7N5. The standard InChI is InChI=1S/C6H7N5/c1-3-9-5(7)4-2-8-11-6(4)10-3/h2H,1H3,(H3,7,8,9,10,11). The van der Waals surface area contributed by atoms with Crippen molar-refractivity contribution in [3.05, 3.63) is 12.0 Å². The second kappa shape index (κ2) is 1.91. The fourth-order valence-electron chi connectivity index (χ4n) is 0.973. The van der Waals surface area contributed by atoms with Gasteiger partial charge in [0.1, 0.15) is 11.6 Å². The summed E-state index contributed by atoms with van der Waals surface area (Å²) < 4.78 is 0. The van der Waals surface area contributed by atoms with Crippen molar-refractivity contribution in [2.45, 2.75) is 6.92 Å². The molecule has 0 aliphatic rings. The number of nitrogens with one attached hydrogen (secondary N) is 1. The van der Waals surface area contributed by atoms with Gasteiger partial charge in [-0.1, -0.05) is 0 Å². The zero-order chi connectivity index (χ0) is 7.84. The summed E-state index contributed by atoms with van der Waals surface area (Å²) in [6.07, 6.45) is 1.62. The number of rotatable bonds is 0. The number of aromatic nitrogens is 4. The Hall–Kier alpha value is -1.65. The van der Waals surface area contributed by atoms with Crippen molar-refractivity contribution in [3.8, 4) is 0 Å². The van der Waals surface area contributed by atoms with Gasteiger partial charge in [0.15, 0.2) is 5.65 Å². The molecule has 0 aromatic carbocycles. The van der Waals surface area contributed by atoms with E-state index in [-0.39, 0.29) is 0 Å². The molecule has 3 N–H and O–H groups in total. The molecule has 0 saturated carbocycles. The SMILES string of the molecule is Cc1nc(N)c2cn[nH]c2n1. The van der Waals surface area contributed by atoms with Crippen LogP contribution in [-0.2, 0) is 0 Å². The summed E-state index contributed by atoms with van der Waals surface area (Å²) in [6.45, 7) is 1.79. The van der Waals surface area contributed by atoms with Crippen molar-refractivity contribution in [2.24, 2.45) is 0 Å². The first kappa shape index (κ1) is 6.09. The molecule has 5 heteroatoms. The van der Waals surface area contributed by atoms with Gasteiger partial charge >= 0.3 is 0 Å². The van der Waals surface area contributed by atoms with Crippen molar-refractivity contribution < 1.29 is 0 Å². The Balaban J connectivity index is 2.91. The van der Waals surface area contributed by atoms with Crippen LogP contribution in [0, 0.1) is 6.92 Å². The molecule has 0 unspecified atom stereocenters. The predicted octanol–water partition coefficient (Wildman–Crippen LogP) is 0.244. The Kier molecular flexibility index (Phi) is 1.06. The molecule has 11 heavy (non-hydrogen) atoms. The molecule has 5 nitrogen and oxygen atoms in total. The van der Waals surface area contributed by atoms with Gasteiger partial charge in [0.05, 0.1) is 11.6 Å². The van der Waals surface area contributed by atoms with Crippen LogP contribution in [0.3, 0.4) is 0 Å². The topological polar surface area (TPSA) is 80.5 Å². The van der Waals surface area contributed by atoms with E-state index < -0.39 is 0 Å². The van der Waals surface area contributed by atoms with Crippen LogP contribution in [0.25, 0.3) is 11.0 Å². The van der Waals surface area contributed by atoms with E-state index in [1.165, 1.54) is 0 Å². The summed E-state index contributed by atoms with van der Waals surface area (Å²) in [5.41, 5.74) is 6.28. The maximum atomic E-state index is 5.59. The minimum atomic E-state index is 0.473. The second-order valence-corrected chi connectivity index (χ2v) is 2.29. The number of aromatic amines is 1. The maximum absolute atomic E-state index is 5.59. The van der Waals surface area contributed by atoms with Gasteiger partial charge in [-0.15, -0.1) is 0 Å². The Labute approximate surface area is 62.7 Å². The molecule has 0 spiro atoms. The number of hydrogen-bond acceptors (Lipinski definition) is 4. The van der Waals surface area contributed by atoms with Crippen molar-refractivity contribution in [1.29, 1.82) is 0 Å². The largest absolute Gasteiger partial charge is 0.383 e. The molecule has 0 atom stereocenters. The number of hydrogen-bond donors (Lipinski definition) is 2. The molecule has 0 bridgehead atoms. The summed E-state index contributed by atoms with van der Waals surface area (Å²) in [5.74, 6) is 1.13. The third kappa shape index (κ3) is 0.813. The van der Waals surface area contributed by atoms with Crippen LogP contribution in [0.2, 0.25) is 0 Å². The van der Waals surface area contributed by atoms with Gasteiger partial charge in [-0.2, -0.15) is 5.10 Å². The van der Waals surface area contributed by atoms with E-state index >= 15 is 0 Å². The number of nitrogens with two attached hydrogens (primary N) is 1. The molecule has 0 radical (unpaired) electrons. The Morgan fingerprint density at radius 3 is 3.09 bits per heavy atom. The van der Waals surface area contributed by atoms with Crippen LogP contribution in [0.15, 0.2) is 6.20 Å². The lowest BCUT2D eigenvalue weighted by molar-refractivity contribution is 1.05. The lowest BCUT2D eigenvalue weighted by Gasteiger charge is -1.94. The highest BCUT2D eigenvalue weighted by molar-refractivity contribution is 5.84. The lowest BCUT2D eigenvalue weighted by atomic mass is 10.4. The molecule has 56 valence electrons. The number of nitrogen functional groups attached to an aromatic ring is 1. The zero-order valence-electron chi connectivity index (χ0n) is 6.00. The molecular weight excluding hydrogens is 142 g/mol. The lowest BCUT2D eigenvalue weighted by Crippen LogP contribution is -1.95. The third-order valence-corrected chi connectivity index (χ3v) is 1.45. The smallest absolute Gasteiger partial charge is 0.161 e. The van der Waals surface area contributed by atoms with E-state index in [4.69, 9.17) is 5.73 Å². The molecule has 2 aromatic rings. The van der Waals surface area contributed by atoms with E-state index in [1.54, 1.807) is 13.1 Å². The van der Waals surface area contributed by atoms with Gasteiger partial charge in [-0.25, -0.2) is 9.97 Å². The molecule has 2 heterocycles. The van der Waals surface area contributed by atoms with Crippen LogP contribution in [0.1, 0.15) is 5.82 Å². The number of nitrogens with zero attached hydrogens (tertiary/aromatic N) is 3. The highest BCUT2D eigenvalue weighted by atomic mass is 15.2. The van der Waals surface area contributed by atoms with Gasteiger partial charge in [-0.3, -0.25) is 5.10 Å². The average Bonchev–Trinajstić information content (AvgIpc) is 2.34. The Morgan fingerprint density at radius 1 is 1.45 bits per heavy atom. The van der Waals surface area contributed by atoms with Crippen LogP contribution < -0.4 is 5.73 Å². The van der Waals surface area contributed by atoms with E-state index in [1.807, 2.05) is 0 Å². The van der Waals surface area contributed by atoms with E-state index in [2.05, 4.69) is 20.2 Å². The normalized spacial score (nSPS) is 10.6. The minimum Gasteiger partial charge on any atom is -0.383 e. The van der Waals surface area contributed by atoms with Gasteiger partial charge in [0, 0.05) is 0 Å². The molecule has 0 saturated heterocycles. The van der Waals surface area contributed by atoms with Gasteiger partial charge < -0.3 is 5.73 Å². The fourth-order valence-corrected chi connectivity index (χ4v) is 0.973. The minimum absolute atomic E-state index is 0.473. The zero-order valence-corrected chi connectivity index (χ0v) is 6.00. The molecule has 0 fully saturated rings. The van der Waals surface area contributed by atoms with Crippen LogP contribution in [0.5, 0.6) is 0 Å². The highest BCUT2D eigenvalue weighted by Gasteiger charge is 2.02. The van der Waals surface area contributed by atoms with Crippen LogP contribution in [-0.4, -0.2) is 20.2 Å². The van der Waals surface area contributed by atoms with Crippen molar-refractivity contribution >= 4 is 16.9 Å². The third-order valence-electron chi connectivity index (χ3n) is 1.45. The summed E-state index contributed by atoms with van der Waals surface area (Å²) in [5, 5.41) is 7.29. The van der Waals surface area contributed by atoms with Crippen LogP contribution in [0.4, 0.5) is 5.82 Å². The Morgan fingerprint density at radius 2 is 2.27 bits per heavy atom. The monoisotopic (exact) mass is 149 g/mol. The summed E-state index contributed by atoms with van der Waals surface area (Å²) in [7, 11) is 0. The maximum Gasteiger partial charge on any atom is 0.161 e. The number of anilines is 1. The molecule has 0 aliphatic heterocycles. The molecule has 0 amide bonds. The number of aryl methyl sites for hydroxylation is 1. The first-order chi connectivity index (χ1) is 5.27. The fraction of sp³-hybridized carbons (Fsp3) is 0.167. The molecule has 2 rings (SSSR count). The second-order valence-electron chi connectivity index (χ2n) is 2.29. The summed E-state index contributed by atoms with van der Waals surface area (Å²) in [4.78, 5) is 8.07. The van der Waals surface area contributed by atoms with E-state index in [9.17, 15) is 0 Å².